The molecule has 30 heavy (non-hydrogen) atoms. The standard InChI is InChI=1S/C21H23N3O5S/c1-13-4-5-15(12-14(13)2)18-19(23(3)10-11-25)21(27)24(20(18)26)16-6-8-17(9-7-16)30(22,28)29/h4-9,12,25H,10-11H2,1-3H3,(H2,22,28,29). The molecule has 0 unspecified atom stereocenters. The molecule has 158 valence electrons. The first-order valence-electron chi connectivity index (χ1n) is 9.21. The van der Waals surface area contributed by atoms with Gasteiger partial charge in [0.15, 0.2) is 0 Å². The SMILES string of the molecule is Cc1ccc(C2=C(N(C)CCO)C(=O)N(c3ccc(S(N)(=O)=O)cc3)C2=O)cc1C. The zero-order valence-corrected chi connectivity index (χ0v) is 17.7. The van der Waals surface area contributed by atoms with Crippen LogP contribution in [0.15, 0.2) is 53.1 Å². The summed E-state index contributed by atoms with van der Waals surface area (Å²) >= 11 is 0. The van der Waals surface area contributed by atoms with Gasteiger partial charge in [-0.15, -0.1) is 0 Å². The molecular weight excluding hydrogens is 406 g/mol. The van der Waals surface area contributed by atoms with Gasteiger partial charge in [-0.05, 0) is 54.8 Å². The number of nitrogens with two attached hydrogens (primary N) is 1. The summed E-state index contributed by atoms with van der Waals surface area (Å²) in [6.45, 7) is 3.85. The van der Waals surface area contributed by atoms with E-state index in [0.29, 0.717) is 5.56 Å². The lowest BCUT2D eigenvalue weighted by atomic mass is 9.99. The van der Waals surface area contributed by atoms with Crippen LogP contribution in [0.4, 0.5) is 5.69 Å². The largest absolute Gasteiger partial charge is 0.395 e. The number of carbonyl (C=O) groups excluding carboxylic acids is 2. The van der Waals surface area contributed by atoms with E-state index in [0.717, 1.165) is 16.0 Å². The van der Waals surface area contributed by atoms with Gasteiger partial charge in [0.2, 0.25) is 10.0 Å². The summed E-state index contributed by atoms with van der Waals surface area (Å²) in [5, 5.41) is 14.5. The van der Waals surface area contributed by atoms with Crippen LogP contribution in [0, 0.1) is 13.8 Å². The molecule has 0 spiro atoms. The van der Waals surface area contributed by atoms with Gasteiger partial charge in [0.25, 0.3) is 11.8 Å². The van der Waals surface area contributed by atoms with Gasteiger partial charge in [0, 0.05) is 13.6 Å². The molecule has 2 aromatic carbocycles. The van der Waals surface area contributed by atoms with E-state index in [4.69, 9.17) is 5.14 Å². The Kier molecular flexibility index (Phi) is 5.80. The van der Waals surface area contributed by atoms with Crippen molar-refractivity contribution < 1.29 is 23.1 Å². The highest BCUT2D eigenvalue weighted by Crippen LogP contribution is 2.35. The molecule has 0 fully saturated rings. The fourth-order valence-electron chi connectivity index (χ4n) is 3.31. The molecule has 0 aliphatic carbocycles. The minimum atomic E-state index is -3.90. The van der Waals surface area contributed by atoms with Gasteiger partial charge in [-0.1, -0.05) is 18.2 Å². The highest BCUT2D eigenvalue weighted by Gasteiger charge is 2.41. The van der Waals surface area contributed by atoms with Crippen LogP contribution in [0.2, 0.25) is 0 Å². The van der Waals surface area contributed by atoms with Crippen molar-refractivity contribution in [1.29, 1.82) is 0 Å². The lowest BCUT2D eigenvalue weighted by Crippen LogP contribution is -2.34. The zero-order chi connectivity index (χ0) is 22.2. The van der Waals surface area contributed by atoms with Crippen molar-refractivity contribution in [3.63, 3.8) is 0 Å². The minimum absolute atomic E-state index is 0.120. The number of carbonyl (C=O) groups is 2. The number of imide groups is 1. The van der Waals surface area contributed by atoms with Crippen molar-refractivity contribution in [3.8, 4) is 0 Å². The number of likely N-dealkylation sites (N-methyl/N-ethyl adjacent to an activating group) is 1. The van der Waals surface area contributed by atoms with Crippen molar-refractivity contribution >= 4 is 33.1 Å². The summed E-state index contributed by atoms with van der Waals surface area (Å²) in [4.78, 5) is 29.0. The topological polar surface area (TPSA) is 121 Å². The first-order valence-corrected chi connectivity index (χ1v) is 10.8. The molecule has 9 heteroatoms. The predicted octanol–water partition coefficient (Wildman–Crippen LogP) is 1.16. The average molecular weight is 429 g/mol. The second-order valence-electron chi connectivity index (χ2n) is 7.15. The Morgan fingerprint density at radius 1 is 1.00 bits per heavy atom. The van der Waals surface area contributed by atoms with Crippen LogP contribution in [0.5, 0.6) is 0 Å². The van der Waals surface area contributed by atoms with E-state index in [-0.39, 0.29) is 35.0 Å². The first-order chi connectivity index (χ1) is 14.1. The number of primary sulfonamides is 1. The second kappa shape index (κ2) is 8.02. The number of sulfonamides is 1. The molecule has 0 radical (unpaired) electrons. The van der Waals surface area contributed by atoms with Gasteiger partial charge >= 0.3 is 0 Å². The van der Waals surface area contributed by atoms with E-state index in [9.17, 15) is 23.1 Å². The van der Waals surface area contributed by atoms with Gasteiger partial charge in [0.05, 0.1) is 22.8 Å². The molecule has 0 saturated carbocycles. The first kappa shape index (κ1) is 21.7. The van der Waals surface area contributed by atoms with E-state index in [2.05, 4.69) is 0 Å². The van der Waals surface area contributed by atoms with Gasteiger partial charge < -0.3 is 10.0 Å². The molecular formula is C21H23N3O5S. The summed E-state index contributed by atoms with van der Waals surface area (Å²) in [7, 11) is -2.27. The molecule has 2 amide bonds. The maximum absolute atomic E-state index is 13.3. The van der Waals surface area contributed by atoms with Crippen molar-refractivity contribution in [2.75, 3.05) is 25.1 Å². The quantitative estimate of drug-likeness (QED) is 0.665. The molecule has 3 N–H and O–H groups in total. The normalized spacial score (nSPS) is 14.6. The van der Waals surface area contributed by atoms with Crippen LogP contribution >= 0.6 is 0 Å². The summed E-state index contributed by atoms with van der Waals surface area (Å²) in [5.74, 6) is -1.07. The number of nitrogens with zero attached hydrogens (tertiary/aromatic N) is 2. The van der Waals surface area contributed by atoms with Crippen molar-refractivity contribution in [1.82, 2.24) is 4.90 Å². The number of hydrogen-bond donors (Lipinski definition) is 2. The molecule has 1 aliphatic heterocycles. The maximum atomic E-state index is 13.3. The Morgan fingerprint density at radius 3 is 2.17 bits per heavy atom. The number of aliphatic hydroxyl groups is 1. The van der Waals surface area contributed by atoms with E-state index in [1.54, 1.807) is 18.0 Å². The summed E-state index contributed by atoms with van der Waals surface area (Å²) in [6.07, 6.45) is 0. The van der Waals surface area contributed by atoms with Gasteiger partial charge in [0.1, 0.15) is 5.70 Å². The zero-order valence-electron chi connectivity index (χ0n) is 16.9. The number of aliphatic hydroxyl groups excluding tert-OH is 1. The summed E-state index contributed by atoms with van der Waals surface area (Å²) in [5.41, 5.74) is 3.26. The van der Waals surface area contributed by atoms with Crippen molar-refractivity contribution in [2.45, 2.75) is 18.7 Å². The highest BCUT2D eigenvalue weighted by atomic mass is 32.2. The van der Waals surface area contributed by atoms with E-state index in [1.807, 2.05) is 26.0 Å². The number of aryl methyl sites for hydroxylation is 2. The van der Waals surface area contributed by atoms with Crippen LogP contribution < -0.4 is 10.0 Å². The summed E-state index contributed by atoms with van der Waals surface area (Å²) < 4.78 is 23.0. The van der Waals surface area contributed by atoms with E-state index < -0.39 is 21.8 Å². The van der Waals surface area contributed by atoms with Crippen LogP contribution in [-0.2, 0) is 19.6 Å². The van der Waals surface area contributed by atoms with Crippen LogP contribution in [0.25, 0.3) is 5.57 Å². The third-order valence-corrected chi connectivity index (χ3v) is 6.02. The Balaban J connectivity index is 2.12. The molecule has 1 heterocycles. The molecule has 0 bridgehead atoms. The number of hydrogen-bond acceptors (Lipinski definition) is 6. The maximum Gasteiger partial charge on any atom is 0.282 e. The van der Waals surface area contributed by atoms with Crippen LogP contribution in [0.3, 0.4) is 0 Å². The lowest BCUT2D eigenvalue weighted by molar-refractivity contribution is -0.120. The Hall–Kier alpha value is -3.01. The number of benzene rings is 2. The van der Waals surface area contributed by atoms with E-state index >= 15 is 0 Å². The molecule has 0 aromatic heterocycles. The number of amides is 2. The molecule has 0 saturated heterocycles. The fraction of sp³-hybridized carbons (Fsp3) is 0.238. The molecule has 1 aliphatic rings. The molecule has 0 atom stereocenters. The average Bonchev–Trinajstić information content (AvgIpc) is 2.94. The number of rotatable bonds is 6. The second-order valence-corrected chi connectivity index (χ2v) is 8.71. The third-order valence-electron chi connectivity index (χ3n) is 5.10. The third kappa shape index (κ3) is 3.87. The van der Waals surface area contributed by atoms with Crippen molar-refractivity contribution in [3.05, 3.63) is 64.9 Å². The van der Waals surface area contributed by atoms with Gasteiger partial charge in [-0.25, -0.2) is 18.5 Å². The molecule has 2 aromatic rings. The lowest BCUT2D eigenvalue weighted by Gasteiger charge is -2.20. The fourth-order valence-corrected chi connectivity index (χ4v) is 3.83. The predicted molar refractivity (Wildman–Crippen MR) is 113 cm³/mol. The van der Waals surface area contributed by atoms with E-state index in [1.165, 1.54) is 24.3 Å². The Morgan fingerprint density at radius 2 is 1.63 bits per heavy atom. The number of anilines is 1. The molecule has 8 nitrogen and oxygen atoms in total. The van der Waals surface area contributed by atoms with Crippen LogP contribution in [-0.4, -0.2) is 50.4 Å². The Bertz CT molecular complexity index is 1150. The van der Waals surface area contributed by atoms with Crippen molar-refractivity contribution in [2.24, 2.45) is 5.14 Å². The minimum Gasteiger partial charge on any atom is -0.395 e. The monoisotopic (exact) mass is 429 g/mol. The highest BCUT2D eigenvalue weighted by molar-refractivity contribution is 7.89. The Labute approximate surface area is 175 Å². The van der Waals surface area contributed by atoms with Gasteiger partial charge in [-0.2, -0.15) is 0 Å². The smallest absolute Gasteiger partial charge is 0.282 e. The summed E-state index contributed by atoms with van der Waals surface area (Å²) in [6, 6.07) is 10.7. The van der Waals surface area contributed by atoms with Gasteiger partial charge in [-0.3, -0.25) is 9.59 Å². The van der Waals surface area contributed by atoms with Crippen LogP contribution in [0.1, 0.15) is 16.7 Å². The molecule has 3 rings (SSSR count).